The van der Waals surface area contributed by atoms with Gasteiger partial charge in [-0.1, -0.05) is 48.5 Å². The van der Waals surface area contributed by atoms with Crippen LogP contribution in [0.15, 0.2) is 71.8 Å². The molecule has 1 amide bonds. The Morgan fingerprint density at radius 2 is 1.71 bits per heavy atom. The van der Waals surface area contributed by atoms with Crippen LogP contribution in [0.3, 0.4) is 0 Å². The second kappa shape index (κ2) is 10.6. The van der Waals surface area contributed by atoms with Crippen LogP contribution < -0.4 is 10.1 Å². The highest BCUT2D eigenvalue weighted by atomic mass is 16.8. The van der Waals surface area contributed by atoms with E-state index in [0.29, 0.717) is 25.3 Å². The minimum absolute atomic E-state index is 0.0577. The van der Waals surface area contributed by atoms with Crippen molar-refractivity contribution in [3.63, 3.8) is 0 Å². The number of para-hydroxylation sites is 1. The summed E-state index contributed by atoms with van der Waals surface area (Å²) < 4.78 is 24.2. The lowest BCUT2D eigenvalue weighted by molar-refractivity contribution is -0.195. The van der Waals surface area contributed by atoms with Crippen molar-refractivity contribution in [3.8, 4) is 5.75 Å². The van der Waals surface area contributed by atoms with Crippen LogP contribution in [0.5, 0.6) is 5.75 Å². The summed E-state index contributed by atoms with van der Waals surface area (Å²) in [6.07, 6.45) is -1.57. The van der Waals surface area contributed by atoms with Crippen LogP contribution in [0.1, 0.15) is 12.5 Å². The molecule has 8 heteroatoms. The number of fused-ring (bicyclic) bond motifs is 2. The van der Waals surface area contributed by atoms with E-state index in [-0.39, 0.29) is 17.1 Å². The van der Waals surface area contributed by atoms with Crippen molar-refractivity contribution in [2.45, 2.75) is 37.4 Å². The van der Waals surface area contributed by atoms with Gasteiger partial charge in [0.1, 0.15) is 17.4 Å². The van der Waals surface area contributed by atoms with Crippen molar-refractivity contribution in [2.75, 3.05) is 34.3 Å². The van der Waals surface area contributed by atoms with Crippen LogP contribution >= 0.6 is 0 Å². The maximum absolute atomic E-state index is 13.3. The van der Waals surface area contributed by atoms with E-state index in [1.54, 1.807) is 0 Å². The maximum Gasteiger partial charge on any atom is 0.339 e. The molecule has 4 unspecified atom stereocenters. The van der Waals surface area contributed by atoms with E-state index in [0.717, 1.165) is 5.56 Å². The van der Waals surface area contributed by atoms with Crippen molar-refractivity contribution < 1.29 is 28.5 Å². The number of methoxy groups -OCH3 is 1. The van der Waals surface area contributed by atoms with E-state index in [4.69, 9.17) is 18.9 Å². The van der Waals surface area contributed by atoms with Crippen molar-refractivity contribution in [1.82, 2.24) is 10.2 Å². The predicted molar refractivity (Wildman–Crippen MR) is 130 cm³/mol. The van der Waals surface area contributed by atoms with Gasteiger partial charge in [-0.15, -0.1) is 0 Å². The number of rotatable bonds is 10. The number of carbonyl (C=O) groups is 2. The van der Waals surface area contributed by atoms with Crippen LogP contribution in [0.4, 0.5) is 0 Å². The molecular formula is C27H32N2O6. The minimum Gasteiger partial charge on any atom is -0.484 e. The zero-order valence-electron chi connectivity index (χ0n) is 20.5. The molecule has 0 spiro atoms. The summed E-state index contributed by atoms with van der Waals surface area (Å²) in [5.41, 5.74) is 1.27. The number of nitrogens with one attached hydrogen (secondary N) is 1. The lowest BCUT2D eigenvalue weighted by Crippen LogP contribution is -2.52. The third-order valence-corrected chi connectivity index (χ3v) is 6.18. The number of nitrogens with zero attached hydrogens (tertiary/aromatic N) is 1. The number of benzene rings is 2. The van der Waals surface area contributed by atoms with Gasteiger partial charge >= 0.3 is 5.97 Å². The first-order valence-corrected chi connectivity index (χ1v) is 11.7. The number of esters is 1. The van der Waals surface area contributed by atoms with Crippen LogP contribution in [0.2, 0.25) is 0 Å². The molecule has 0 aliphatic carbocycles. The third-order valence-electron chi connectivity index (χ3n) is 6.18. The standard InChI is InChI=1S/C27H32N2O6/c1-18-24-22(25(30)28-15-16-29(2)3)23(26(31)32-4)27(34-18,35-24)21(17-19-11-7-5-8-12-19)33-20-13-9-6-10-14-20/h5-14,18,21,24H,15-17H2,1-4H3,(H,28,30). The molecule has 4 rings (SSSR count). The van der Waals surface area contributed by atoms with Crippen molar-refractivity contribution in [3.05, 3.63) is 77.4 Å². The molecule has 4 atom stereocenters. The largest absolute Gasteiger partial charge is 0.484 e. The first-order chi connectivity index (χ1) is 16.9. The van der Waals surface area contributed by atoms with Crippen LogP contribution in [-0.4, -0.2) is 75.2 Å². The fraction of sp³-hybridized carbons (Fsp3) is 0.407. The number of ether oxygens (including phenoxy) is 4. The highest BCUT2D eigenvalue weighted by Gasteiger charge is 2.66. The van der Waals surface area contributed by atoms with Crippen molar-refractivity contribution in [1.29, 1.82) is 0 Å². The summed E-state index contributed by atoms with van der Waals surface area (Å²) in [7, 11) is 5.13. The molecule has 8 nitrogen and oxygen atoms in total. The normalized spacial score (nSPS) is 23.9. The zero-order chi connectivity index (χ0) is 25.0. The minimum atomic E-state index is -1.60. The number of likely N-dealkylation sites (N-methyl/N-ethyl adjacent to an activating group) is 1. The van der Waals surface area contributed by atoms with Crippen molar-refractivity contribution >= 4 is 11.9 Å². The summed E-state index contributed by atoms with van der Waals surface area (Å²) in [4.78, 5) is 28.4. The lowest BCUT2D eigenvalue weighted by atomic mass is 9.88. The molecule has 0 aromatic heterocycles. The van der Waals surface area contributed by atoms with Crippen LogP contribution in [0, 0.1) is 0 Å². The number of carbonyl (C=O) groups excluding carboxylic acids is 2. The van der Waals surface area contributed by atoms with Crippen LogP contribution in [0.25, 0.3) is 0 Å². The van der Waals surface area contributed by atoms with Gasteiger partial charge in [0.25, 0.3) is 5.91 Å². The molecule has 2 heterocycles. The number of hydrogen-bond acceptors (Lipinski definition) is 7. The molecule has 186 valence electrons. The second-order valence-electron chi connectivity index (χ2n) is 8.98. The zero-order valence-corrected chi connectivity index (χ0v) is 20.5. The molecule has 0 radical (unpaired) electrons. The molecule has 2 aromatic carbocycles. The first-order valence-electron chi connectivity index (χ1n) is 11.7. The smallest absolute Gasteiger partial charge is 0.339 e. The van der Waals surface area contributed by atoms with Gasteiger partial charge in [0.15, 0.2) is 6.10 Å². The van der Waals surface area contributed by atoms with Crippen LogP contribution in [-0.2, 0) is 30.2 Å². The van der Waals surface area contributed by atoms with Gasteiger partial charge in [0, 0.05) is 19.5 Å². The molecule has 2 bridgehead atoms. The van der Waals surface area contributed by atoms with Gasteiger partial charge in [-0.2, -0.15) is 0 Å². The fourth-order valence-electron chi connectivity index (χ4n) is 4.53. The molecular weight excluding hydrogens is 448 g/mol. The summed E-state index contributed by atoms with van der Waals surface area (Å²) >= 11 is 0. The van der Waals surface area contributed by atoms with E-state index in [9.17, 15) is 9.59 Å². The Labute approximate surface area is 205 Å². The quantitative estimate of drug-likeness (QED) is 0.523. The molecule has 2 aromatic rings. The monoisotopic (exact) mass is 480 g/mol. The second-order valence-corrected chi connectivity index (χ2v) is 8.98. The predicted octanol–water partition coefficient (Wildman–Crippen LogP) is 2.34. The summed E-state index contributed by atoms with van der Waals surface area (Å²) in [6.45, 7) is 2.91. The number of amides is 1. The Morgan fingerprint density at radius 1 is 1.06 bits per heavy atom. The molecule has 1 N–H and O–H groups in total. The van der Waals surface area contributed by atoms with Gasteiger partial charge < -0.3 is 29.2 Å². The van der Waals surface area contributed by atoms with Gasteiger partial charge in [0.05, 0.1) is 18.8 Å². The molecule has 2 aliphatic rings. The highest BCUT2D eigenvalue weighted by molar-refractivity contribution is 6.06. The molecule has 1 fully saturated rings. The van der Waals surface area contributed by atoms with Gasteiger partial charge in [0.2, 0.25) is 5.79 Å². The molecule has 1 saturated heterocycles. The Hall–Kier alpha value is -3.20. The average Bonchev–Trinajstić information content (AvgIpc) is 3.38. The maximum atomic E-state index is 13.3. The third kappa shape index (κ3) is 5.10. The summed E-state index contributed by atoms with van der Waals surface area (Å²) in [5.74, 6) is -2.05. The Balaban J connectivity index is 1.76. The molecule has 35 heavy (non-hydrogen) atoms. The Kier molecular flexibility index (Phi) is 7.54. The van der Waals surface area contributed by atoms with E-state index >= 15 is 0 Å². The Bertz CT molecular complexity index is 1030. The van der Waals surface area contributed by atoms with E-state index in [1.807, 2.05) is 86.6 Å². The lowest BCUT2D eigenvalue weighted by Gasteiger charge is -2.36. The first kappa shape index (κ1) is 24.9. The van der Waals surface area contributed by atoms with Crippen molar-refractivity contribution in [2.24, 2.45) is 0 Å². The van der Waals surface area contributed by atoms with Gasteiger partial charge in [-0.25, -0.2) is 4.79 Å². The molecule has 2 aliphatic heterocycles. The summed E-state index contributed by atoms with van der Waals surface area (Å²) in [5, 5.41) is 2.90. The topological polar surface area (TPSA) is 86.3 Å². The summed E-state index contributed by atoms with van der Waals surface area (Å²) in [6, 6.07) is 19.0. The average molecular weight is 481 g/mol. The van der Waals surface area contributed by atoms with Gasteiger partial charge in [-0.05, 0) is 38.7 Å². The molecule has 0 saturated carbocycles. The fourth-order valence-corrected chi connectivity index (χ4v) is 4.53. The van der Waals surface area contributed by atoms with E-state index in [2.05, 4.69) is 5.32 Å². The van der Waals surface area contributed by atoms with E-state index < -0.39 is 30.1 Å². The highest BCUT2D eigenvalue weighted by Crippen LogP contribution is 2.50. The Morgan fingerprint density at radius 3 is 2.34 bits per heavy atom. The SMILES string of the molecule is COC(=O)C1=C(C(=O)NCCN(C)C)C2OC1(C(Cc1ccccc1)Oc1ccccc1)OC2C. The number of hydrogen-bond donors (Lipinski definition) is 1. The van der Waals surface area contributed by atoms with E-state index in [1.165, 1.54) is 7.11 Å². The van der Waals surface area contributed by atoms with Gasteiger partial charge in [-0.3, -0.25) is 4.79 Å².